The highest BCUT2D eigenvalue weighted by Gasteiger charge is 2.32. The molecular formula is C16H26N2. The van der Waals surface area contributed by atoms with Gasteiger partial charge in [-0.05, 0) is 32.8 Å². The van der Waals surface area contributed by atoms with Gasteiger partial charge in [0.25, 0.3) is 0 Å². The van der Waals surface area contributed by atoms with Gasteiger partial charge in [0.2, 0.25) is 0 Å². The lowest BCUT2D eigenvalue weighted by atomic mass is 9.95. The van der Waals surface area contributed by atoms with Gasteiger partial charge in [0.05, 0.1) is 0 Å². The molecule has 18 heavy (non-hydrogen) atoms. The topological polar surface area (TPSA) is 15.3 Å². The highest BCUT2D eigenvalue weighted by atomic mass is 15.3. The Morgan fingerprint density at radius 1 is 1.28 bits per heavy atom. The summed E-state index contributed by atoms with van der Waals surface area (Å²) in [6, 6.07) is 9.58. The van der Waals surface area contributed by atoms with Gasteiger partial charge < -0.3 is 5.32 Å². The van der Waals surface area contributed by atoms with Crippen LogP contribution in [-0.2, 0) is 6.54 Å². The summed E-state index contributed by atoms with van der Waals surface area (Å²) in [6.45, 7) is 12.4. The third-order valence-electron chi connectivity index (χ3n) is 4.11. The molecular weight excluding hydrogens is 220 g/mol. The second-order valence-corrected chi connectivity index (χ2v) is 6.16. The molecule has 0 radical (unpaired) electrons. The zero-order chi connectivity index (χ0) is 13.2. The number of hydrogen-bond acceptors (Lipinski definition) is 2. The molecule has 0 amide bonds. The summed E-state index contributed by atoms with van der Waals surface area (Å²) in [5, 5.41) is 3.64. The first kappa shape index (κ1) is 13.6. The van der Waals surface area contributed by atoms with Crippen LogP contribution in [0.25, 0.3) is 0 Å². The van der Waals surface area contributed by atoms with Crippen LogP contribution in [0, 0.1) is 6.92 Å². The van der Waals surface area contributed by atoms with E-state index in [0.29, 0.717) is 6.04 Å². The van der Waals surface area contributed by atoms with Crippen LogP contribution in [0.5, 0.6) is 0 Å². The quantitative estimate of drug-likeness (QED) is 0.882. The molecule has 0 saturated carbocycles. The third kappa shape index (κ3) is 3.12. The lowest BCUT2D eigenvalue weighted by molar-refractivity contribution is 0.0577. The minimum atomic E-state index is 0.247. The Morgan fingerprint density at radius 3 is 2.56 bits per heavy atom. The van der Waals surface area contributed by atoms with E-state index >= 15 is 0 Å². The molecule has 1 aliphatic rings. The fraction of sp³-hybridized carbons (Fsp3) is 0.625. The van der Waals surface area contributed by atoms with Crippen molar-refractivity contribution in [2.45, 2.75) is 52.2 Å². The molecule has 1 heterocycles. The van der Waals surface area contributed by atoms with Crippen molar-refractivity contribution < 1.29 is 0 Å². The van der Waals surface area contributed by atoms with Gasteiger partial charge in [-0.15, -0.1) is 0 Å². The number of nitrogens with one attached hydrogen (secondary N) is 1. The zero-order valence-corrected chi connectivity index (χ0v) is 12.2. The van der Waals surface area contributed by atoms with Gasteiger partial charge in [-0.1, -0.05) is 36.8 Å². The van der Waals surface area contributed by atoms with Crippen molar-refractivity contribution in [1.82, 2.24) is 10.2 Å². The lowest BCUT2D eigenvalue weighted by Crippen LogP contribution is -2.61. The fourth-order valence-electron chi connectivity index (χ4n) is 2.55. The van der Waals surface area contributed by atoms with Crippen LogP contribution in [0.2, 0.25) is 0 Å². The normalized spacial score (nSPS) is 24.1. The summed E-state index contributed by atoms with van der Waals surface area (Å²) in [4.78, 5) is 2.61. The minimum Gasteiger partial charge on any atom is -0.311 e. The molecule has 1 saturated heterocycles. The van der Waals surface area contributed by atoms with Crippen LogP contribution in [-0.4, -0.2) is 29.6 Å². The van der Waals surface area contributed by atoms with Crippen LogP contribution in [0.3, 0.4) is 0 Å². The van der Waals surface area contributed by atoms with Crippen molar-refractivity contribution in [2.75, 3.05) is 13.1 Å². The predicted molar refractivity (Wildman–Crippen MR) is 77.7 cm³/mol. The van der Waals surface area contributed by atoms with Crippen LogP contribution in [0.4, 0.5) is 0 Å². The van der Waals surface area contributed by atoms with Crippen molar-refractivity contribution in [3.63, 3.8) is 0 Å². The van der Waals surface area contributed by atoms with Crippen molar-refractivity contribution in [3.05, 3.63) is 35.4 Å². The van der Waals surface area contributed by atoms with E-state index in [1.807, 2.05) is 0 Å². The van der Waals surface area contributed by atoms with Gasteiger partial charge in [0.1, 0.15) is 0 Å². The Kier molecular flexibility index (Phi) is 4.08. The molecule has 0 spiro atoms. The first-order chi connectivity index (χ1) is 8.51. The SMILES string of the molecule is CCC1CN(Cc2ccc(C)cc2)C(C)(C)CN1. The molecule has 1 unspecified atom stereocenters. The Balaban J connectivity index is 2.07. The zero-order valence-electron chi connectivity index (χ0n) is 12.2. The maximum atomic E-state index is 3.64. The average molecular weight is 246 g/mol. The van der Waals surface area contributed by atoms with E-state index in [1.165, 1.54) is 17.5 Å². The van der Waals surface area contributed by atoms with Crippen molar-refractivity contribution in [2.24, 2.45) is 0 Å². The summed E-state index contributed by atoms with van der Waals surface area (Å²) in [5.41, 5.74) is 3.01. The van der Waals surface area contributed by atoms with Crippen LogP contribution < -0.4 is 5.32 Å². The smallest absolute Gasteiger partial charge is 0.0281 e. The fourth-order valence-corrected chi connectivity index (χ4v) is 2.55. The van der Waals surface area contributed by atoms with E-state index in [4.69, 9.17) is 0 Å². The summed E-state index contributed by atoms with van der Waals surface area (Å²) in [6.07, 6.45) is 1.21. The van der Waals surface area contributed by atoms with E-state index in [-0.39, 0.29) is 5.54 Å². The van der Waals surface area contributed by atoms with Gasteiger partial charge in [0.15, 0.2) is 0 Å². The Morgan fingerprint density at radius 2 is 1.94 bits per heavy atom. The molecule has 0 aliphatic carbocycles. The number of aryl methyl sites for hydroxylation is 1. The Hall–Kier alpha value is -0.860. The number of benzene rings is 1. The standard InChI is InChI=1S/C16H26N2/c1-5-15-11-18(16(3,4)12-17-15)10-14-8-6-13(2)7-9-14/h6-9,15,17H,5,10-12H2,1-4H3. The summed E-state index contributed by atoms with van der Waals surface area (Å²) < 4.78 is 0. The molecule has 1 aromatic rings. The van der Waals surface area contributed by atoms with Crippen molar-refractivity contribution in [3.8, 4) is 0 Å². The summed E-state index contributed by atoms with van der Waals surface area (Å²) in [5.74, 6) is 0. The van der Waals surface area contributed by atoms with Crippen molar-refractivity contribution >= 4 is 0 Å². The molecule has 1 fully saturated rings. The van der Waals surface area contributed by atoms with Gasteiger partial charge in [0, 0.05) is 31.2 Å². The van der Waals surface area contributed by atoms with E-state index in [9.17, 15) is 0 Å². The Labute approximate surface area is 111 Å². The van der Waals surface area contributed by atoms with Gasteiger partial charge >= 0.3 is 0 Å². The minimum absolute atomic E-state index is 0.247. The molecule has 2 rings (SSSR count). The van der Waals surface area contributed by atoms with E-state index in [1.54, 1.807) is 0 Å². The molecule has 1 N–H and O–H groups in total. The highest BCUT2D eigenvalue weighted by molar-refractivity contribution is 5.21. The van der Waals surface area contributed by atoms with Crippen LogP contribution in [0.1, 0.15) is 38.3 Å². The second kappa shape index (κ2) is 5.41. The molecule has 100 valence electrons. The third-order valence-corrected chi connectivity index (χ3v) is 4.11. The first-order valence-corrected chi connectivity index (χ1v) is 7.05. The average Bonchev–Trinajstić information content (AvgIpc) is 2.34. The van der Waals surface area contributed by atoms with Gasteiger partial charge in [-0.3, -0.25) is 4.90 Å². The van der Waals surface area contributed by atoms with Crippen molar-refractivity contribution in [1.29, 1.82) is 0 Å². The van der Waals surface area contributed by atoms with Gasteiger partial charge in [-0.25, -0.2) is 0 Å². The van der Waals surface area contributed by atoms with Gasteiger partial charge in [-0.2, -0.15) is 0 Å². The Bertz CT molecular complexity index is 381. The van der Waals surface area contributed by atoms with Crippen LogP contribution >= 0.6 is 0 Å². The predicted octanol–water partition coefficient (Wildman–Crippen LogP) is 2.96. The summed E-state index contributed by atoms with van der Waals surface area (Å²) >= 11 is 0. The van der Waals surface area contributed by atoms with Crippen LogP contribution in [0.15, 0.2) is 24.3 Å². The largest absolute Gasteiger partial charge is 0.311 e. The van der Waals surface area contributed by atoms with E-state index in [2.05, 4.69) is 62.2 Å². The number of nitrogens with zero attached hydrogens (tertiary/aromatic N) is 1. The molecule has 1 aromatic carbocycles. The number of rotatable bonds is 3. The highest BCUT2D eigenvalue weighted by Crippen LogP contribution is 2.22. The number of piperazine rings is 1. The lowest BCUT2D eigenvalue weighted by Gasteiger charge is -2.46. The maximum absolute atomic E-state index is 3.64. The van der Waals surface area contributed by atoms with E-state index < -0.39 is 0 Å². The molecule has 2 heteroatoms. The summed E-state index contributed by atoms with van der Waals surface area (Å²) in [7, 11) is 0. The molecule has 0 aromatic heterocycles. The maximum Gasteiger partial charge on any atom is 0.0281 e. The monoisotopic (exact) mass is 246 g/mol. The van der Waals surface area contributed by atoms with E-state index in [0.717, 1.165) is 19.6 Å². The molecule has 1 atom stereocenters. The number of hydrogen-bond donors (Lipinski definition) is 1. The second-order valence-electron chi connectivity index (χ2n) is 6.16. The molecule has 1 aliphatic heterocycles. The first-order valence-electron chi connectivity index (χ1n) is 7.05. The molecule has 2 nitrogen and oxygen atoms in total. The molecule has 0 bridgehead atoms.